The van der Waals surface area contributed by atoms with Crippen molar-refractivity contribution in [2.24, 2.45) is 0 Å². The highest BCUT2D eigenvalue weighted by atomic mass is 32.1. The molecule has 1 aliphatic heterocycles. The van der Waals surface area contributed by atoms with Crippen molar-refractivity contribution in [3.05, 3.63) is 96.1 Å². The van der Waals surface area contributed by atoms with Crippen LogP contribution in [0.4, 0.5) is 11.4 Å². The highest BCUT2D eigenvalue weighted by Crippen LogP contribution is 2.33. The summed E-state index contributed by atoms with van der Waals surface area (Å²) < 4.78 is 46.9. The number of ether oxygens (including phenoxy) is 8. The number of carbonyl (C=O) groups excluding carboxylic acids is 6. The van der Waals surface area contributed by atoms with Gasteiger partial charge in [-0.25, -0.2) is 19.9 Å². The zero-order chi connectivity index (χ0) is 70.8. The van der Waals surface area contributed by atoms with Gasteiger partial charge in [0.25, 0.3) is 5.91 Å². The highest BCUT2D eigenvalue weighted by Gasteiger charge is 2.38. The van der Waals surface area contributed by atoms with Gasteiger partial charge in [0.1, 0.15) is 10.0 Å². The first-order chi connectivity index (χ1) is 48.8. The summed E-state index contributed by atoms with van der Waals surface area (Å²) in [5.74, 6) is -0.782. The Kier molecular flexibility index (Phi) is 37.6. The number of thiazole rings is 2. The van der Waals surface area contributed by atoms with Gasteiger partial charge in [-0.05, 0) is 143 Å². The molecule has 1 fully saturated rings. The van der Waals surface area contributed by atoms with Crippen LogP contribution in [0.25, 0.3) is 41.6 Å². The Hall–Kier alpha value is -7.32. The third kappa shape index (κ3) is 31.3. The highest BCUT2D eigenvalue weighted by molar-refractivity contribution is 7.22. The van der Waals surface area contributed by atoms with E-state index in [0.717, 1.165) is 43.6 Å². The standard InChI is InChI=1S/C72H103N11O15S2/c1-5-83-72(89)62(11-7-9-29-76-68(88)27-35-91-39-43-95-47-49-97-45-41-93-37-33-78-66(86)25-31-74-58-20-16-56(17-21-58)71-82-60-23-13-53(3)51-64(60)100-71)80-69(98-83)61(79-54(4)84)10-6-8-28-75-67(87)26-34-90-38-42-94-46-48-96-44-40-92-36-32-77-65(85)24-30-73-57-18-14-55(15-19-57)70-81-59-22-12-52(2)50-63(59)99-70/h12-23,50-51,61-62,69,73-74,80H,5-11,24-49H2,1-4H3,(H,75,87)(H,76,88)(H,77,85)(H,78,86)(H,79,84). The van der Waals surface area contributed by atoms with Crippen molar-refractivity contribution in [3.63, 3.8) is 0 Å². The van der Waals surface area contributed by atoms with Gasteiger partial charge in [0.15, 0.2) is 6.23 Å². The van der Waals surface area contributed by atoms with Crippen LogP contribution in [-0.4, -0.2) is 220 Å². The van der Waals surface area contributed by atoms with Gasteiger partial charge in [-0.2, -0.15) is 0 Å². The summed E-state index contributed by atoms with van der Waals surface area (Å²) in [6.07, 6.45) is 4.17. The number of carbonyl (C=O) groups is 6. The molecule has 0 saturated carbocycles. The maximum Gasteiger partial charge on any atom is 0.263 e. The van der Waals surface area contributed by atoms with Crippen LogP contribution in [0.2, 0.25) is 0 Å². The average molecular weight is 1430 g/mol. The first kappa shape index (κ1) is 80.0. The number of unbranched alkanes of at least 4 members (excludes halogenated alkanes) is 2. The molecular formula is C72H103N11O15S2. The van der Waals surface area contributed by atoms with Crippen LogP contribution in [0, 0.1) is 13.8 Å². The van der Waals surface area contributed by atoms with E-state index in [9.17, 15) is 28.8 Å². The van der Waals surface area contributed by atoms with E-state index in [2.05, 4.69) is 92.8 Å². The molecule has 0 radical (unpaired) electrons. The van der Waals surface area contributed by atoms with E-state index in [1.165, 1.54) is 32.5 Å². The van der Waals surface area contributed by atoms with E-state index in [-0.39, 0.29) is 61.5 Å². The molecule has 0 aliphatic carbocycles. The SMILES string of the molecule is CCN1OC(C(CCCCNC(=O)CCOCCOCCOCCOCCNC(=O)CCNc2ccc(-c3nc4ccc(C)cc4s3)cc2)NC(C)=O)NC(CCCCNC(=O)CCOCCOCCOCCOCCNC(=O)CCNc2ccc(-c3nc4ccc(C)cc4s3)cc2)C1=O. The van der Waals surface area contributed by atoms with Gasteiger partial charge in [-0.1, -0.05) is 12.1 Å². The molecule has 8 N–H and O–H groups in total. The summed E-state index contributed by atoms with van der Waals surface area (Å²) in [6, 6.07) is 27.8. The molecule has 7 rings (SSSR count). The number of nitrogens with one attached hydrogen (secondary N) is 8. The molecule has 3 atom stereocenters. The molecule has 26 nitrogen and oxygen atoms in total. The minimum absolute atomic E-state index is 0.0544. The summed E-state index contributed by atoms with van der Waals surface area (Å²) in [5.41, 5.74) is 8.45. The summed E-state index contributed by atoms with van der Waals surface area (Å²) in [6.45, 7) is 16.4. The second kappa shape index (κ2) is 47.0. The lowest BCUT2D eigenvalue weighted by atomic mass is 10.0. The first-order valence-corrected chi connectivity index (χ1v) is 36.6. The Morgan fingerprint density at radius 1 is 0.500 bits per heavy atom. The zero-order valence-electron chi connectivity index (χ0n) is 58.4. The van der Waals surface area contributed by atoms with Gasteiger partial charge in [0.2, 0.25) is 29.5 Å². The second-order valence-electron chi connectivity index (χ2n) is 23.9. The van der Waals surface area contributed by atoms with Crippen molar-refractivity contribution in [1.82, 2.24) is 46.9 Å². The molecular weight excluding hydrogens is 1320 g/mol. The molecule has 2 aromatic heterocycles. The lowest BCUT2D eigenvalue weighted by molar-refractivity contribution is -0.237. The molecule has 28 heteroatoms. The van der Waals surface area contributed by atoms with E-state index in [0.29, 0.717) is 190 Å². The Labute approximate surface area is 595 Å². The van der Waals surface area contributed by atoms with Crippen LogP contribution < -0.4 is 42.5 Å². The molecule has 548 valence electrons. The molecule has 1 saturated heterocycles. The number of likely N-dealkylation sites (N-methyl/N-ethyl adjacent to an activating group) is 1. The van der Waals surface area contributed by atoms with Crippen LogP contribution in [0.3, 0.4) is 0 Å². The number of hydrogen-bond donors (Lipinski definition) is 8. The Morgan fingerprint density at radius 2 is 0.900 bits per heavy atom. The number of rotatable bonds is 53. The van der Waals surface area contributed by atoms with Crippen molar-refractivity contribution in [2.45, 2.75) is 110 Å². The van der Waals surface area contributed by atoms with Crippen molar-refractivity contribution in [3.8, 4) is 21.1 Å². The summed E-state index contributed by atoms with van der Waals surface area (Å²) in [5, 5.41) is 27.8. The number of hydrogen-bond acceptors (Lipinski definition) is 22. The normalized spacial score (nSPS) is 14.1. The number of benzene rings is 4. The van der Waals surface area contributed by atoms with Gasteiger partial charge < -0.3 is 75.1 Å². The molecule has 0 bridgehead atoms. The minimum Gasteiger partial charge on any atom is -0.385 e. The number of anilines is 2. The Bertz CT molecular complexity index is 3380. The van der Waals surface area contributed by atoms with Crippen LogP contribution in [-0.2, 0) is 71.5 Å². The van der Waals surface area contributed by atoms with E-state index in [4.69, 9.17) is 52.7 Å². The first-order valence-electron chi connectivity index (χ1n) is 34.9. The van der Waals surface area contributed by atoms with Crippen molar-refractivity contribution >= 4 is 89.9 Å². The summed E-state index contributed by atoms with van der Waals surface area (Å²) in [4.78, 5) is 90.6. The van der Waals surface area contributed by atoms with Gasteiger partial charge in [-0.15, -0.1) is 22.7 Å². The number of aryl methyl sites for hydroxylation is 2. The monoisotopic (exact) mass is 1430 g/mol. The van der Waals surface area contributed by atoms with Gasteiger partial charge in [0.05, 0.1) is 138 Å². The van der Waals surface area contributed by atoms with E-state index >= 15 is 0 Å². The van der Waals surface area contributed by atoms with Gasteiger partial charge in [0, 0.05) is 101 Å². The Morgan fingerprint density at radius 3 is 1.33 bits per heavy atom. The molecule has 100 heavy (non-hydrogen) atoms. The number of fused-ring (bicyclic) bond motifs is 2. The van der Waals surface area contributed by atoms with Crippen molar-refractivity contribution in [1.29, 1.82) is 0 Å². The Balaban J connectivity index is 0.589. The quantitative estimate of drug-likeness (QED) is 0.0172. The third-order valence-corrected chi connectivity index (χ3v) is 17.9. The fourth-order valence-electron chi connectivity index (χ4n) is 10.4. The largest absolute Gasteiger partial charge is 0.385 e. The molecule has 6 amide bonds. The predicted molar refractivity (Wildman–Crippen MR) is 388 cm³/mol. The third-order valence-electron chi connectivity index (χ3n) is 15.7. The van der Waals surface area contributed by atoms with Crippen LogP contribution in [0.1, 0.15) is 89.2 Å². The summed E-state index contributed by atoms with van der Waals surface area (Å²) >= 11 is 3.36. The maximum atomic E-state index is 13.3. The minimum atomic E-state index is -0.645. The maximum absolute atomic E-state index is 13.3. The molecule has 1 aliphatic rings. The van der Waals surface area contributed by atoms with Gasteiger partial charge in [-0.3, -0.25) is 34.1 Å². The number of aromatic nitrogens is 2. The smallest absolute Gasteiger partial charge is 0.263 e. The lowest BCUT2D eigenvalue weighted by Gasteiger charge is -2.40. The average Bonchev–Trinajstić information content (AvgIpc) is 1.62. The molecule has 3 heterocycles. The van der Waals surface area contributed by atoms with Crippen molar-refractivity contribution in [2.75, 3.05) is 162 Å². The number of amides is 6. The number of nitrogens with zero attached hydrogens (tertiary/aromatic N) is 3. The fraction of sp³-hybridized carbons (Fsp3) is 0.556. The molecule has 0 spiro atoms. The van der Waals surface area contributed by atoms with Gasteiger partial charge >= 0.3 is 0 Å². The van der Waals surface area contributed by atoms with Crippen LogP contribution in [0.5, 0.6) is 0 Å². The molecule has 6 aromatic rings. The number of hydroxylamine groups is 2. The predicted octanol–water partition coefficient (Wildman–Crippen LogP) is 7.46. The fourth-order valence-corrected chi connectivity index (χ4v) is 12.6. The van der Waals surface area contributed by atoms with Crippen LogP contribution >= 0.6 is 22.7 Å². The lowest BCUT2D eigenvalue weighted by Crippen LogP contribution is -2.64. The van der Waals surface area contributed by atoms with Crippen molar-refractivity contribution < 1.29 is 71.5 Å². The molecule has 3 unspecified atom stereocenters. The van der Waals surface area contributed by atoms with E-state index < -0.39 is 18.3 Å². The topological polar surface area (TPSA) is 311 Å². The summed E-state index contributed by atoms with van der Waals surface area (Å²) in [7, 11) is 0. The van der Waals surface area contributed by atoms with Crippen LogP contribution in [0.15, 0.2) is 84.9 Å². The zero-order valence-corrected chi connectivity index (χ0v) is 60.1. The van der Waals surface area contributed by atoms with E-state index in [1.54, 1.807) is 22.7 Å². The molecule has 4 aromatic carbocycles. The van der Waals surface area contributed by atoms with E-state index in [1.807, 2.05) is 55.5 Å². The second-order valence-corrected chi connectivity index (χ2v) is 25.9.